The summed E-state index contributed by atoms with van der Waals surface area (Å²) in [7, 11) is 0. The van der Waals surface area contributed by atoms with Crippen molar-refractivity contribution in [2.24, 2.45) is 5.92 Å². The topological polar surface area (TPSA) is 67.8 Å². The number of carbonyl (C=O) groups is 1. The lowest BCUT2D eigenvalue weighted by atomic mass is 9.89. The Kier molecular flexibility index (Phi) is 6.02. The van der Waals surface area contributed by atoms with Gasteiger partial charge in [-0.05, 0) is 32.6 Å². The third-order valence-electron chi connectivity index (χ3n) is 4.78. The van der Waals surface area contributed by atoms with E-state index >= 15 is 0 Å². The van der Waals surface area contributed by atoms with E-state index in [1.165, 1.54) is 0 Å². The lowest BCUT2D eigenvalue weighted by molar-refractivity contribution is -0.141. The molecule has 0 aromatic carbocycles. The largest absolute Gasteiger partial charge is 0.481 e. The first-order valence-electron chi connectivity index (χ1n) is 8.21. The summed E-state index contributed by atoms with van der Waals surface area (Å²) in [4.78, 5) is 10.8. The van der Waals surface area contributed by atoms with E-state index in [0.29, 0.717) is 12.1 Å². The highest BCUT2D eigenvalue weighted by atomic mass is 16.6. The highest BCUT2D eigenvalue weighted by Gasteiger charge is 2.41. The molecular weight excluding hydrogens is 270 g/mol. The first kappa shape index (κ1) is 16.7. The maximum atomic E-state index is 10.8. The molecule has 21 heavy (non-hydrogen) atoms. The first-order valence-corrected chi connectivity index (χ1v) is 8.21. The van der Waals surface area contributed by atoms with Crippen molar-refractivity contribution in [3.8, 4) is 0 Å². The summed E-state index contributed by atoms with van der Waals surface area (Å²) in [5.74, 6) is -0.928. The van der Waals surface area contributed by atoms with Gasteiger partial charge < -0.3 is 19.9 Å². The van der Waals surface area contributed by atoms with E-state index in [1.807, 2.05) is 0 Å². The van der Waals surface area contributed by atoms with E-state index in [4.69, 9.17) is 14.6 Å². The SMILES string of the molecule is CC(CCCC(C)C(=O)O)NC1CCOC2(CCOC2)C1. The van der Waals surface area contributed by atoms with E-state index < -0.39 is 5.97 Å². The fourth-order valence-electron chi connectivity index (χ4n) is 3.37. The number of rotatable bonds is 7. The van der Waals surface area contributed by atoms with Crippen LogP contribution in [0.25, 0.3) is 0 Å². The van der Waals surface area contributed by atoms with Gasteiger partial charge in [0.1, 0.15) is 0 Å². The molecule has 0 bridgehead atoms. The summed E-state index contributed by atoms with van der Waals surface area (Å²) >= 11 is 0. The Bertz CT molecular complexity index is 341. The minimum Gasteiger partial charge on any atom is -0.481 e. The molecule has 0 amide bonds. The molecule has 2 N–H and O–H groups in total. The van der Waals surface area contributed by atoms with Crippen molar-refractivity contribution in [3.63, 3.8) is 0 Å². The Morgan fingerprint density at radius 2 is 2.19 bits per heavy atom. The molecule has 2 saturated heterocycles. The summed E-state index contributed by atoms with van der Waals surface area (Å²) in [6.07, 6.45) is 5.83. The predicted molar refractivity (Wildman–Crippen MR) is 80.4 cm³/mol. The molecule has 0 saturated carbocycles. The van der Waals surface area contributed by atoms with Crippen LogP contribution in [0.5, 0.6) is 0 Å². The number of ether oxygens (including phenoxy) is 2. The van der Waals surface area contributed by atoms with Gasteiger partial charge in [-0.3, -0.25) is 4.79 Å². The van der Waals surface area contributed by atoms with Gasteiger partial charge in [-0.15, -0.1) is 0 Å². The van der Waals surface area contributed by atoms with Crippen LogP contribution in [0.15, 0.2) is 0 Å². The van der Waals surface area contributed by atoms with Crippen LogP contribution in [0.3, 0.4) is 0 Å². The van der Waals surface area contributed by atoms with Crippen LogP contribution in [0, 0.1) is 5.92 Å². The zero-order chi connectivity index (χ0) is 15.3. The predicted octanol–water partition coefficient (Wildman–Crippen LogP) is 2.19. The van der Waals surface area contributed by atoms with Crippen LogP contribution in [-0.2, 0) is 14.3 Å². The van der Waals surface area contributed by atoms with Crippen molar-refractivity contribution in [2.45, 2.75) is 70.1 Å². The van der Waals surface area contributed by atoms with E-state index in [-0.39, 0.29) is 11.5 Å². The van der Waals surface area contributed by atoms with Crippen LogP contribution in [-0.4, -0.2) is 48.6 Å². The molecule has 0 aliphatic carbocycles. The van der Waals surface area contributed by atoms with E-state index in [1.54, 1.807) is 6.92 Å². The van der Waals surface area contributed by atoms with Gasteiger partial charge in [0.2, 0.25) is 0 Å². The number of carboxylic acids is 1. The van der Waals surface area contributed by atoms with Crippen molar-refractivity contribution in [1.29, 1.82) is 0 Å². The Morgan fingerprint density at radius 3 is 2.86 bits per heavy atom. The van der Waals surface area contributed by atoms with E-state index in [9.17, 15) is 4.79 Å². The smallest absolute Gasteiger partial charge is 0.306 e. The Hall–Kier alpha value is -0.650. The maximum absolute atomic E-state index is 10.8. The highest BCUT2D eigenvalue weighted by Crippen LogP contribution is 2.33. The molecule has 0 aromatic rings. The molecule has 0 aromatic heterocycles. The van der Waals surface area contributed by atoms with Gasteiger partial charge >= 0.3 is 5.97 Å². The third-order valence-corrected chi connectivity index (χ3v) is 4.78. The molecule has 122 valence electrons. The summed E-state index contributed by atoms with van der Waals surface area (Å²) in [6, 6.07) is 0.917. The van der Waals surface area contributed by atoms with Gasteiger partial charge in [0.15, 0.2) is 0 Å². The van der Waals surface area contributed by atoms with Crippen molar-refractivity contribution in [3.05, 3.63) is 0 Å². The third kappa shape index (κ3) is 4.94. The molecule has 2 rings (SSSR count). The molecule has 2 fully saturated rings. The van der Waals surface area contributed by atoms with Gasteiger partial charge in [0.25, 0.3) is 0 Å². The fraction of sp³-hybridized carbons (Fsp3) is 0.938. The van der Waals surface area contributed by atoms with Gasteiger partial charge in [-0.1, -0.05) is 13.3 Å². The standard InChI is InChI=1S/C16H29NO4/c1-12(15(18)19)4-3-5-13(2)17-14-6-8-21-16(10-14)7-9-20-11-16/h12-14,17H,3-11H2,1-2H3,(H,18,19). The second kappa shape index (κ2) is 7.56. The average Bonchev–Trinajstić information content (AvgIpc) is 2.86. The van der Waals surface area contributed by atoms with Crippen LogP contribution in [0.2, 0.25) is 0 Å². The molecule has 4 unspecified atom stereocenters. The number of aliphatic carboxylic acids is 1. The number of nitrogens with one attached hydrogen (secondary N) is 1. The minimum atomic E-state index is -0.691. The first-order chi connectivity index (χ1) is 10.0. The van der Waals surface area contributed by atoms with Crippen LogP contribution in [0.4, 0.5) is 0 Å². The average molecular weight is 299 g/mol. The Morgan fingerprint density at radius 1 is 1.38 bits per heavy atom. The summed E-state index contributed by atoms with van der Waals surface area (Å²) in [5, 5.41) is 12.6. The Labute approximate surface area is 127 Å². The van der Waals surface area contributed by atoms with Crippen molar-refractivity contribution >= 4 is 5.97 Å². The van der Waals surface area contributed by atoms with Crippen LogP contribution < -0.4 is 5.32 Å². The van der Waals surface area contributed by atoms with E-state index in [2.05, 4.69) is 12.2 Å². The molecule has 4 atom stereocenters. The molecular formula is C16H29NO4. The second-order valence-electron chi connectivity index (χ2n) is 6.76. The molecule has 5 nitrogen and oxygen atoms in total. The fourth-order valence-corrected chi connectivity index (χ4v) is 3.37. The molecule has 2 aliphatic heterocycles. The lowest BCUT2D eigenvalue weighted by Crippen LogP contribution is -2.49. The second-order valence-corrected chi connectivity index (χ2v) is 6.76. The summed E-state index contributed by atoms with van der Waals surface area (Å²) in [5.41, 5.74) is -0.0482. The molecule has 2 aliphatic rings. The van der Waals surface area contributed by atoms with E-state index in [0.717, 1.165) is 58.3 Å². The molecule has 5 heteroatoms. The van der Waals surface area contributed by atoms with Crippen LogP contribution >= 0.6 is 0 Å². The number of hydrogen-bond acceptors (Lipinski definition) is 4. The maximum Gasteiger partial charge on any atom is 0.306 e. The summed E-state index contributed by atoms with van der Waals surface area (Å²) < 4.78 is 11.4. The van der Waals surface area contributed by atoms with Crippen molar-refractivity contribution in [1.82, 2.24) is 5.32 Å². The zero-order valence-corrected chi connectivity index (χ0v) is 13.3. The van der Waals surface area contributed by atoms with Crippen molar-refractivity contribution < 1.29 is 19.4 Å². The Balaban J connectivity index is 1.67. The number of carboxylic acid groups (broad SMARTS) is 1. The zero-order valence-electron chi connectivity index (χ0n) is 13.3. The van der Waals surface area contributed by atoms with Gasteiger partial charge in [-0.25, -0.2) is 0 Å². The quantitative estimate of drug-likeness (QED) is 0.754. The highest BCUT2D eigenvalue weighted by molar-refractivity contribution is 5.69. The summed E-state index contributed by atoms with van der Waals surface area (Å²) in [6.45, 7) is 6.33. The monoisotopic (exact) mass is 299 g/mol. The van der Waals surface area contributed by atoms with Crippen molar-refractivity contribution in [2.75, 3.05) is 19.8 Å². The molecule has 2 heterocycles. The molecule has 1 spiro atoms. The normalized spacial score (nSPS) is 32.2. The van der Waals surface area contributed by atoms with Crippen LogP contribution in [0.1, 0.15) is 52.4 Å². The minimum absolute atomic E-state index is 0.0482. The van der Waals surface area contributed by atoms with Gasteiger partial charge in [0, 0.05) is 31.7 Å². The van der Waals surface area contributed by atoms with Gasteiger partial charge in [-0.2, -0.15) is 0 Å². The number of hydrogen-bond donors (Lipinski definition) is 2. The lowest BCUT2D eigenvalue weighted by Gasteiger charge is -2.38. The van der Waals surface area contributed by atoms with Gasteiger partial charge in [0.05, 0.1) is 18.1 Å². The molecule has 0 radical (unpaired) electrons.